The molecule has 1 aromatic carbocycles. The van der Waals surface area contributed by atoms with Gasteiger partial charge in [0.1, 0.15) is 17.5 Å². The molecule has 29 heavy (non-hydrogen) atoms. The first-order valence-corrected chi connectivity index (χ1v) is 9.90. The third-order valence-corrected chi connectivity index (χ3v) is 5.94. The number of ether oxygens (including phenoxy) is 1. The van der Waals surface area contributed by atoms with E-state index in [0.29, 0.717) is 35.4 Å². The molecule has 152 valence electrons. The standard InChI is InChI=1S/C20H18F3N3O2S/c1-10(14-7-18(27)25-9-14)28-16-6-13(5-15-19(16)29-11(2)26-15)12-3-4-17(24-8-12)20(21,22)23/h3-6,8,10,14H,7,9H2,1-2H3,(H,25,27)/t10-,14-/m1/s1. The van der Waals surface area contributed by atoms with Crippen molar-refractivity contribution in [3.8, 4) is 16.9 Å². The van der Waals surface area contributed by atoms with Gasteiger partial charge in [0.05, 0.1) is 15.2 Å². The van der Waals surface area contributed by atoms with Crippen LogP contribution in [0.1, 0.15) is 24.0 Å². The van der Waals surface area contributed by atoms with Gasteiger partial charge in [-0.05, 0) is 37.6 Å². The molecule has 5 nitrogen and oxygen atoms in total. The molecule has 2 atom stereocenters. The van der Waals surface area contributed by atoms with Crippen molar-refractivity contribution in [3.63, 3.8) is 0 Å². The summed E-state index contributed by atoms with van der Waals surface area (Å²) in [6, 6.07) is 5.97. The summed E-state index contributed by atoms with van der Waals surface area (Å²) in [4.78, 5) is 19.6. The molecule has 0 bridgehead atoms. The molecule has 3 heterocycles. The molecule has 9 heteroatoms. The van der Waals surface area contributed by atoms with Gasteiger partial charge in [-0.2, -0.15) is 13.2 Å². The van der Waals surface area contributed by atoms with E-state index in [1.807, 2.05) is 19.9 Å². The van der Waals surface area contributed by atoms with Crippen molar-refractivity contribution in [2.24, 2.45) is 5.92 Å². The van der Waals surface area contributed by atoms with Crippen molar-refractivity contribution >= 4 is 27.5 Å². The first-order valence-electron chi connectivity index (χ1n) is 9.09. The fraction of sp³-hybridized carbons (Fsp3) is 0.350. The van der Waals surface area contributed by atoms with Crippen LogP contribution in [0.3, 0.4) is 0 Å². The first-order chi connectivity index (χ1) is 13.7. The fourth-order valence-corrected chi connectivity index (χ4v) is 4.21. The number of hydrogen-bond acceptors (Lipinski definition) is 5. The molecule has 0 unspecified atom stereocenters. The number of nitrogens with one attached hydrogen (secondary N) is 1. The summed E-state index contributed by atoms with van der Waals surface area (Å²) in [5, 5.41) is 3.66. The lowest BCUT2D eigenvalue weighted by Gasteiger charge is -2.20. The van der Waals surface area contributed by atoms with Gasteiger partial charge in [-0.15, -0.1) is 11.3 Å². The van der Waals surface area contributed by atoms with Crippen LogP contribution in [0, 0.1) is 12.8 Å². The van der Waals surface area contributed by atoms with Gasteiger partial charge >= 0.3 is 6.18 Å². The second-order valence-corrected chi connectivity index (χ2v) is 8.28. The van der Waals surface area contributed by atoms with Gasteiger partial charge in [0.25, 0.3) is 0 Å². The van der Waals surface area contributed by atoms with Crippen LogP contribution < -0.4 is 10.1 Å². The smallest absolute Gasteiger partial charge is 0.433 e. The van der Waals surface area contributed by atoms with Crippen LogP contribution in [0.15, 0.2) is 30.5 Å². The van der Waals surface area contributed by atoms with Crippen molar-refractivity contribution in [2.45, 2.75) is 32.5 Å². The number of pyridine rings is 1. The summed E-state index contributed by atoms with van der Waals surface area (Å²) in [6.07, 6.45) is -3.07. The minimum atomic E-state index is -4.48. The lowest BCUT2D eigenvalue weighted by Crippen LogP contribution is -2.25. The molecule has 1 saturated heterocycles. The Morgan fingerprint density at radius 3 is 2.69 bits per heavy atom. The number of aromatic nitrogens is 2. The highest BCUT2D eigenvalue weighted by molar-refractivity contribution is 7.18. The maximum atomic E-state index is 12.8. The Kier molecular flexibility index (Phi) is 4.94. The number of nitrogens with zero attached hydrogens (tertiary/aromatic N) is 2. The molecule has 2 aromatic heterocycles. The Morgan fingerprint density at radius 1 is 1.28 bits per heavy atom. The zero-order valence-corrected chi connectivity index (χ0v) is 16.5. The van der Waals surface area contributed by atoms with E-state index in [0.717, 1.165) is 15.8 Å². The molecule has 0 saturated carbocycles. The van der Waals surface area contributed by atoms with E-state index in [1.54, 1.807) is 6.07 Å². The van der Waals surface area contributed by atoms with E-state index in [9.17, 15) is 18.0 Å². The van der Waals surface area contributed by atoms with Gasteiger partial charge in [0.15, 0.2) is 0 Å². The van der Waals surface area contributed by atoms with Crippen molar-refractivity contribution in [1.29, 1.82) is 0 Å². The Labute approximate surface area is 168 Å². The highest BCUT2D eigenvalue weighted by Gasteiger charge is 2.32. The molecule has 1 fully saturated rings. The van der Waals surface area contributed by atoms with Crippen LogP contribution in [0.5, 0.6) is 5.75 Å². The number of hydrogen-bond donors (Lipinski definition) is 1. The zero-order valence-electron chi connectivity index (χ0n) is 15.7. The Morgan fingerprint density at radius 2 is 2.07 bits per heavy atom. The molecular formula is C20H18F3N3O2S. The van der Waals surface area contributed by atoms with Crippen LogP contribution in [-0.2, 0) is 11.0 Å². The van der Waals surface area contributed by atoms with Crippen molar-refractivity contribution in [3.05, 3.63) is 41.2 Å². The van der Waals surface area contributed by atoms with Crippen molar-refractivity contribution < 1.29 is 22.7 Å². The number of carbonyl (C=O) groups is 1. The number of benzene rings is 1. The van der Waals surface area contributed by atoms with Crippen LogP contribution in [-0.4, -0.2) is 28.5 Å². The van der Waals surface area contributed by atoms with E-state index in [1.165, 1.54) is 23.6 Å². The quantitative estimate of drug-likeness (QED) is 0.669. The van der Waals surface area contributed by atoms with Gasteiger partial charge in [-0.3, -0.25) is 9.78 Å². The molecule has 1 amide bonds. The van der Waals surface area contributed by atoms with E-state index < -0.39 is 11.9 Å². The summed E-state index contributed by atoms with van der Waals surface area (Å²) in [6.45, 7) is 4.36. The lowest BCUT2D eigenvalue weighted by molar-refractivity contribution is -0.141. The molecule has 0 spiro atoms. The van der Waals surface area contributed by atoms with Gasteiger partial charge in [0, 0.05) is 30.6 Å². The molecule has 1 N–H and O–H groups in total. The maximum Gasteiger partial charge on any atom is 0.433 e. The molecule has 4 rings (SSSR count). The molecule has 0 aliphatic carbocycles. The van der Waals surface area contributed by atoms with Crippen LogP contribution in [0.2, 0.25) is 0 Å². The van der Waals surface area contributed by atoms with Crippen molar-refractivity contribution in [1.82, 2.24) is 15.3 Å². The summed E-state index contributed by atoms with van der Waals surface area (Å²) >= 11 is 1.49. The highest BCUT2D eigenvalue weighted by Crippen LogP contribution is 2.38. The average molecular weight is 421 g/mol. The second-order valence-electron chi connectivity index (χ2n) is 7.08. The number of carbonyl (C=O) groups excluding carboxylic acids is 1. The Bertz CT molecular complexity index is 1060. The summed E-state index contributed by atoms with van der Waals surface area (Å²) in [7, 11) is 0. The number of halogens is 3. The monoisotopic (exact) mass is 421 g/mol. The van der Waals surface area contributed by atoms with Gasteiger partial charge in [0.2, 0.25) is 5.91 Å². The highest BCUT2D eigenvalue weighted by atomic mass is 32.1. The Hall–Kier alpha value is -2.68. The summed E-state index contributed by atoms with van der Waals surface area (Å²) in [5.74, 6) is 0.673. The third-order valence-electron chi connectivity index (χ3n) is 4.94. The van der Waals surface area contributed by atoms with Gasteiger partial charge < -0.3 is 10.1 Å². The summed E-state index contributed by atoms with van der Waals surface area (Å²) < 4.78 is 45.4. The minimum Gasteiger partial charge on any atom is -0.489 e. The number of aryl methyl sites for hydroxylation is 1. The SMILES string of the molecule is Cc1nc2cc(-c3ccc(C(F)(F)F)nc3)cc(O[C@H](C)[C@H]3CNC(=O)C3)c2s1. The molecule has 1 aliphatic heterocycles. The zero-order chi connectivity index (χ0) is 20.8. The average Bonchev–Trinajstić information content (AvgIpc) is 3.26. The predicted octanol–water partition coefficient (Wildman–Crippen LogP) is 4.59. The minimum absolute atomic E-state index is 0.00816. The number of thiazole rings is 1. The van der Waals surface area contributed by atoms with Crippen LogP contribution in [0.25, 0.3) is 21.3 Å². The molecule has 1 aliphatic rings. The Balaban J connectivity index is 1.70. The molecule has 0 radical (unpaired) electrons. The van der Waals surface area contributed by atoms with Crippen LogP contribution in [0.4, 0.5) is 13.2 Å². The normalized spacial score (nSPS) is 18.1. The topological polar surface area (TPSA) is 64.1 Å². The lowest BCUT2D eigenvalue weighted by atomic mass is 10.0. The van der Waals surface area contributed by atoms with E-state index in [2.05, 4.69) is 15.3 Å². The molecular weight excluding hydrogens is 403 g/mol. The van der Waals surface area contributed by atoms with E-state index in [4.69, 9.17) is 4.74 Å². The van der Waals surface area contributed by atoms with Crippen LogP contribution >= 0.6 is 11.3 Å². The van der Waals surface area contributed by atoms with Gasteiger partial charge in [-0.25, -0.2) is 4.98 Å². The largest absolute Gasteiger partial charge is 0.489 e. The third kappa shape index (κ3) is 4.05. The number of fused-ring (bicyclic) bond motifs is 1. The maximum absolute atomic E-state index is 12.8. The van der Waals surface area contributed by atoms with Crippen molar-refractivity contribution in [2.75, 3.05) is 6.54 Å². The van der Waals surface area contributed by atoms with E-state index >= 15 is 0 Å². The fourth-order valence-electron chi connectivity index (χ4n) is 3.36. The number of alkyl halides is 3. The predicted molar refractivity (Wildman–Crippen MR) is 104 cm³/mol. The van der Waals surface area contributed by atoms with Gasteiger partial charge in [-0.1, -0.05) is 6.07 Å². The van der Waals surface area contributed by atoms with E-state index in [-0.39, 0.29) is 17.9 Å². The number of amides is 1. The number of rotatable bonds is 4. The molecule has 3 aromatic rings. The first kappa shape index (κ1) is 19.6. The summed E-state index contributed by atoms with van der Waals surface area (Å²) in [5.41, 5.74) is 0.996. The second kappa shape index (κ2) is 7.29.